The first-order chi connectivity index (χ1) is 10.7. The summed E-state index contributed by atoms with van der Waals surface area (Å²) in [5, 5.41) is 31.8. The summed E-state index contributed by atoms with van der Waals surface area (Å²) in [5.41, 5.74) is 0.0375. The van der Waals surface area contributed by atoms with Crippen molar-refractivity contribution in [2.24, 2.45) is 4.99 Å². The van der Waals surface area contributed by atoms with Gasteiger partial charge in [0.05, 0.1) is 22.1 Å². The number of allylic oxidation sites excluding steroid dienone is 1. The molecule has 0 bridgehead atoms. The van der Waals surface area contributed by atoms with Crippen LogP contribution in [0.15, 0.2) is 40.5 Å². The highest BCUT2D eigenvalue weighted by Gasteiger charge is 2.44. The van der Waals surface area contributed by atoms with Gasteiger partial charge in [0.25, 0.3) is 11.7 Å². The second kappa shape index (κ2) is 5.95. The number of aliphatic carboxylic acids is 1. The topological polar surface area (TPSA) is 136 Å². The van der Waals surface area contributed by atoms with Crippen molar-refractivity contribution in [2.75, 3.05) is 0 Å². The molecule has 23 heavy (non-hydrogen) atoms. The van der Waals surface area contributed by atoms with Crippen LogP contribution in [0.3, 0.4) is 0 Å². The van der Waals surface area contributed by atoms with E-state index in [4.69, 9.17) is 0 Å². The molecule has 1 aliphatic rings. The van der Waals surface area contributed by atoms with E-state index in [1.54, 1.807) is 0 Å². The van der Waals surface area contributed by atoms with E-state index < -0.39 is 27.8 Å². The van der Waals surface area contributed by atoms with E-state index in [2.05, 4.69) is 4.99 Å². The number of aliphatic imine (C=N–C) groups is 1. The van der Waals surface area contributed by atoms with Gasteiger partial charge in [-0.25, -0.2) is 4.79 Å². The van der Waals surface area contributed by atoms with E-state index in [0.717, 1.165) is 6.07 Å². The molecule has 0 amide bonds. The molecule has 0 spiro atoms. The molecule has 0 aromatic heterocycles. The van der Waals surface area contributed by atoms with Crippen molar-refractivity contribution in [3.05, 3.63) is 61.3 Å². The molecule has 0 fully saturated rings. The van der Waals surface area contributed by atoms with Crippen LogP contribution in [0, 0.1) is 20.2 Å². The molecule has 2 unspecified atom stereocenters. The lowest BCUT2D eigenvalue weighted by Crippen LogP contribution is -2.39. The van der Waals surface area contributed by atoms with Gasteiger partial charge < -0.3 is 5.11 Å². The maximum Gasteiger partial charge on any atom is 0.334 e. The van der Waals surface area contributed by atoms with Crippen molar-refractivity contribution < 1.29 is 19.7 Å². The molecule has 1 aromatic carbocycles. The third kappa shape index (κ3) is 2.93. The van der Waals surface area contributed by atoms with E-state index in [9.17, 15) is 30.1 Å². The monoisotopic (exact) mass is 319 g/mol. The fraction of sp³-hybridized carbons (Fsp3) is 0.286. The average molecular weight is 319 g/mol. The van der Waals surface area contributed by atoms with Gasteiger partial charge in [-0.15, -0.1) is 0 Å². The maximum atomic E-state index is 11.6. The molecule has 0 saturated carbocycles. The number of nitro benzene ring substituents is 1. The van der Waals surface area contributed by atoms with Gasteiger partial charge in [0, 0.05) is 22.8 Å². The van der Waals surface area contributed by atoms with Crippen LogP contribution >= 0.6 is 0 Å². The van der Waals surface area contributed by atoms with Gasteiger partial charge >= 0.3 is 5.97 Å². The Kier molecular flexibility index (Phi) is 4.21. The lowest BCUT2D eigenvalue weighted by Gasteiger charge is -2.26. The fourth-order valence-corrected chi connectivity index (χ4v) is 2.76. The van der Waals surface area contributed by atoms with Crippen molar-refractivity contribution in [3.8, 4) is 0 Å². The smallest absolute Gasteiger partial charge is 0.334 e. The molecule has 2 rings (SSSR count). The zero-order valence-corrected chi connectivity index (χ0v) is 12.3. The zero-order chi connectivity index (χ0) is 17.3. The summed E-state index contributed by atoms with van der Waals surface area (Å²) in [6.07, 6.45) is 0. The Hall–Kier alpha value is -3.10. The minimum Gasteiger partial charge on any atom is -0.478 e. The van der Waals surface area contributed by atoms with Crippen LogP contribution in [0.4, 0.5) is 5.69 Å². The van der Waals surface area contributed by atoms with Gasteiger partial charge in [0.1, 0.15) is 0 Å². The standard InChI is InChI=1S/C14H13N3O6/c1-7-11(14(18)19)12(13(17(22)23)8(2)15-7)9-4-3-5-10(6-9)16(20)21/h3-6,12-13H,1-2H3,(H,18,19). The van der Waals surface area contributed by atoms with Crippen LogP contribution < -0.4 is 0 Å². The van der Waals surface area contributed by atoms with Crippen LogP contribution in [0.1, 0.15) is 25.3 Å². The lowest BCUT2D eigenvalue weighted by molar-refractivity contribution is -0.505. The number of hydrogen-bond donors (Lipinski definition) is 1. The summed E-state index contributed by atoms with van der Waals surface area (Å²) in [4.78, 5) is 36.6. The van der Waals surface area contributed by atoms with Gasteiger partial charge in [-0.05, 0) is 19.4 Å². The van der Waals surface area contributed by atoms with Crippen LogP contribution in [-0.4, -0.2) is 32.7 Å². The van der Waals surface area contributed by atoms with Gasteiger partial charge in [-0.2, -0.15) is 0 Å². The first-order valence-corrected chi connectivity index (χ1v) is 6.61. The van der Waals surface area contributed by atoms with Crippen molar-refractivity contribution in [3.63, 3.8) is 0 Å². The van der Waals surface area contributed by atoms with Gasteiger partial charge in [-0.1, -0.05) is 12.1 Å². The molecule has 1 heterocycles. The molecule has 9 heteroatoms. The van der Waals surface area contributed by atoms with Crippen molar-refractivity contribution in [1.82, 2.24) is 0 Å². The first kappa shape index (κ1) is 16.3. The summed E-state index contributed by atoms with van der Waals surface area (Å²) >= 11 is 0. The van der Waals surface area contributed by atoms with Gasteiger partial charge in [0.2, 0.25) is 0 Å². The lowest BCUT2D eigenvalue weighted by atomic mass is 9.80. The maximum absolute atomic E-state index is 11.6. The number of non-ortho nitro benzene ring substituents is 1. The predicted octanol–water partition coefficient (Wildman–Crippen LogP) is 2.16. The molecule has 120 valence electrons. The predicted molar refractivity (Wildman–Crippen MR) is 80.1 cm³/mol. The van der Waals surface area contributed by atoms with Crippen molar-refractivity contribution in [1.29, 1.82) is 0 Å². The Bertz CT molecular complexity index is 768. The zero-order valence-electron chi connectivity index (χ0n) is 12.3. The van der Waals surface area contributed by atoms with E-state index in [1.807, 2.05) is 0 Å². The van der Waals surface area contributed by atoms with E-state index in [-0.39, 0.29) is 28.2 Å². The Morgan fingerprint density at radius 1 is 1.26 bits per heavy atom. The molecule has 0 saturated heterocycles. The molecule has 0 radical (unpaired) electrons. The number of benzene rings is 1. The Morgan fingerprint density at radius 3 is 2.43 bits per heavy atom. The van der Waals surface area contributed by atoms with Crippen LogP contribution in [0.2, 0.25) is 0 Å². The van der Waals surface area contributed by atoms with E-state index in [0.29, 0.717) is 0 Å². The highest BCUT2D eigenvalue weighted by atomic mass is 16.6. The molecule has 0 aliphatic carbocycles. The van der Waals surface area contributed by atoms with Gasteiger partial charge in [0.15, 0.2) is 0 Å². The number of rotatable bonds is 4. The van der Waals surface area contributed by atoms with Crippen molar-refractivity contribution in [2.45, 2.75) is 25.8 Å². The fourth-order valence-electron chi connectivity index (χ4n) is 2.76. The molecule has 2 atom stereocenters. The Balaban J connectivity index is 2.69. The molecule has 1 aliphatic heterocycles. The third-order valence-corrected chi connectivity index (χ3v) is 3.69. The second-order valence-electron chi connectivity index (χ2n) is 5.12. The highest BCUT2D eigenvalue weighted by Crippen LogP contribution is 2.37. The second-order valence-corrected chi connectivity index (χ2v) is 5.12. The van der Waals surface area contributed by atoms with Crippen LogP contribution in [-0.2, 0) is 4.79 Å². The summed E-state index contributed by atoms with van der Waals surface area (Å²) in [7, 11) is 0. The highest BCUT2D eigenvalue weighted by molar-refractivity contribution is 5.97. The number of carboxylic acids is 1. The quantitative estimate of drug-likeness (QED) is 0.667. The number of carbonyl (C=O) groups is 1. The first-order valence-electron chi connectivity index (χ1n) is 6.61. The molecule has 1 aromatic rings. The normalized spacial score (nSPS) is 20.9. The number of nitrogens with zero attached hydrogens (tertiary/aromatic N) is 3. The average Bonchev–Trinajstić information content (AvgIpc) is 2.45. The third-order valence-electron chi connectivity index (χ3n) is 3.69. The summed E-state index contributed by atoms with van der Waals surface area (Å²) < 4.78 is 0. The Morgan fingerprint density at radius 2 is 1.91 bits per heavy atom. The Labute approximate surface area is 130 Å². The van der Waals surface area contributed by atoms with Crippen LogP contribution in [0.25, 0.3) is 0 Å². The number of carboxylic acid groups (broad SMARTS) is 1. The van der Waals surface area contributed by atoms with Crippen LogP contribution in [0.5, 0.6) is 0 Å². The summed E-state index contributed by atoms with van der Waals surface area (Å²) in [6.45, 7) is 2.90. The largest absolute Gasteiger partial charge is 0.478 e. The molecular weight excluding hydrogens is 306 g/mol. The molecular formula is C14H13N3O6. The van der Waals surface area contributed by atoms with E-state index in [1.165, 1.54) is 32.0 Å². The molecule has 9 nitrogen and oxygen atoms in total. The summed E-state index contributed by atoms with van der Waals surface area (Å²) in [6, 6.07) is 3.84. The number of hydrogen-bond acceptors (Lipinski definition) is 6. The number of nitro groups is 2. The van der Waals surface area contributed by atoms with Crippen molar-refractivity contribution >= 4 is 17.4 Å². The van der Waals surface area contributed by atoms with E-state index >= 15 is 0 Å². The molecule has 1 N–H and O–H groups in total. The summed E-state index contributed by atoms with van der Waals surface area (Å²) in [5.74, 6) is -2.47. The van der Waals surface area contributed by atoms with Gasteiger partial charge in [-0.3, -0.25) is 25.2 Å². The SMILES string of the molecule is CC1=NC(C)=C(C(=O)O)C(c2cccc([N+](=O)[O-])c2)C1[N+](=O)[O-]. The minimum atomic E-state index is -1.38. The minimum absolute atomic E-state index is 0.157.